The van der Waals surface area contributed by atoms with Crippen molar-refractivity contribution in [2.75, 3.05) is 5.32 Å². The van der Waals surface area contributed by atoms with Gasteiger partial charge in [0.05, 0.1) is 23.0 Å². The highest BCUT2D eigenvalue weighted by molar-refractivity contribution is 6.74. The Morgan fingerprint density at radius 1 is 1.18 bits per heavy atom. The van der Waals surface area contributed by atoms with Gasteiger partial charge in [0.2, 0.25) is 11.8 Å². The SMILES string of the molecule is CC(=O)N[C@H]1CCC[C@@H](C(=O)Nc2cc(-c3cnn4c3C(O[Si](C)(C)C(C)(C)C)C(C)(C)C4)c(Cl)cn2)C1. The monoisotopic (exact) mass is 559 g/mol. The topological polar surface area (TPSA) is 98.1 Å². The number of rotatable bonds is 6. The molecular weight excluding hydrogens is 518 g/mol. The smallest absolute Gasteiger partial charge is 0.228 e. The Bertz CT molecular complexity index is 1220. The number of aromatic nitrogens is 3. The molecule has 3 atom stereocenters. The third kappa shape index (κ3) is 5.84. The van der Waals surface area contributed by atoms with Crippen molar-refractivity contribution in [1.29, 1.82) is 0 Å². The Balaban J connectivity index is 1.60. The zero-order valence-electron chi connectivity index (χ0n) is 23.9. The predicted octanol–water partition coefficient (Wildman–Crippen LogP) is 6.33. The van der Waals surface area contributed by atoms with Gasteiger partial charge in [0.15, 0.2) is 8.32 Å². The molecule has 1 fully saturated rings. The highest BCUT2D eigenvalue weighted by Gasteiger charge is 2.48. The lowest BCUT2D eigenvalue weighted by atomic mass is 9.85. The number of fused-ring (bicyclic) bond motifs is 1. The third-order valence-corrected chi connectivity index (χ3v) is 13.2. The second-order valence-electron chi connectivity index (χ2n) is 13.1. The molecule has 1 aliphatic carbocycles. The molecule has 0 bridgehead atoms. The first kappa shape index (κ1) is 28.8. The molecule has 2 aliphatic rings. The van der Waals surface area contributed by atoms with Crippen LogP contribution < -0.4 is 10.6 Å². The zero-order valence-corrected chi connectivity index (χ0v) is 25.7. The number of amides is 2. The number of nitrogens with zero attached hydrogens (tertiary/aromatic N) is 3. The van der Waals surface area contributed by atoms with Gasteiger partial charge in [-0.15, -0.1) is 0 Å². The van der Waals surface area contributed by atoms with Crippen LogP contribution in [-0.4, -0.2) is 40.9 Å². The summed E-state index contributed by atoms with van der Waals surface area (Å²) in [5.41, 5.74) is 2.58. The quantitative estimate of drug-likeness (QED) is 0.403. The van der Waals surface area contributed by atoms with Crippen LogP contribution in [-0.2, 0) is 20.6 Å². The maximum Gasteiger partial charge on any atom is 0.228 e. The molecule has 2 N–H and O–H groups in total. The molecule has 0 saturated heterocycles. The van der Waals surface area contributed by atoms with Crippen molar-refractivity contribution in [3.05, 3.63) is 29.2 Å². The van der Waals surface area contributed by atoms with Crippen LogP contribution in [0.4, 0.5) is 5.82 Å². The molecule has 0 spiro atoms. The lowest BCUT2D eigenvalue weighted by Gasteiger charge is -2.41. The van der Waals surface area contributed by atoms with Crippen molar-refractivity contribution in [3.63, 3.8) is 0 Å². The largest absolute Gasteiger partial charge is 0.408 e. The van der Waals surface area contributed by atoms with Gasteiger partial charge in [-0.25, -0.2) is 4.98 Å². The zero-order chi connectivity index (χ0) is 28.0. The molecule has 38 heavy (non-hydrogen) atoms. The summed E-state index contributed by atoms with van der Waals surface area (Å²) < 4.78 is 9.03. The highest BCUT2D eigenvalue weighted by Crippen LogP contribution is 2.52. The van der Waals surface area contributed by atoms with Crippen molar-refractivity contribution >= 4 is 37.6 Å². The Morgan fingerprint density at radius 2 is 1.89 bits per heavy atom. The van der Waals surface area contributed by atoms with Crippen LogP contribution in [0.1, 0.15) is 79.0 Å². The van der Waals surface area contributed by atoms with Gasteiger partial charge < -0.3 is 15.1 Å². The minimum Gasteiger partial charge on any atom is -0.408 e. The summed E-state index contributed by atoms with van der Waals surface area (Å²) in [7, 11) is -2.08. The Hall–Kier alpha value is -2.23. The summed E-state index contributed by atoms with van der Waals surface area (Å²) in [5, 5.41) is 11.2. The lowest BCUT2D eigenvalue weighted by Crippen LogP contribution is -2.43. The van der Waals surface area contributed by atoms with E-state index in [0.29, 0.717) is 17.3 Å². The van der Waals surface area contributed by atoms with Gasteiger partial charge >= 0.3 is 0 Å². The fourth-order valence-corrected chi connectivity index (χ4v) is 6.90. The summed E-state index contributed by atoms with van der Waals surface area (Å²) in [6, 6.07) is 1.86. The lowest BCUT2D eigenvalue weighted by molar-refractivity contribution is -0.123. The van der Waals surface area contributed by atoms with Crippen molar-refractivity contribution in [3.8, 4) is 11.1 Å². The Labute approximate surface area is 232 Å². The van der Waals surface area contributed by atoms with E-state index in [1.165, 1.54) is 6.92 Å². The molecular formula is C28H42ClN5O3Si. The third-order valence-electron chi connectivity index (χ3n) is 8.46. The van der Waals surface area contributed by atoms with E-state index in [9.17, 15) is 9.59 Å². The number of carbonyl (C=O) groups is 2. The molecule has 208 valence electrons. The molecule has 1 aliphatic heterocycles. The van der Waals surface area contributed by atoms with Crippen LogP contribution in [0.3, 0.4) is 0 Å². The summed E-state index contributed by atoms with van der Waals surface area (Å²) in [4.78, 5) is 29.0. The average molecular weight is 560 g/mol. The molecule has 1 saturated carbocycles. The molecule has 2 aromatic rings. The van der Waals surface area contributed by atoms with Crippen molar-refractivity contribution < 1.29 is 14.0 Å². The summed E-state index contributed by atoms with van der Waals surface area (Å²) in [5.74, 6) is 0.134. The van der Waals surface area contributed by atoms with E-state index in [1.807, 2.05) is 16.9 Å². The van der Waals surface area contributed by atoms with Gasteiger partial charge in [-0.2, -0.15) is 5.10 Å². The minimum atomic E-state index is -2.08. The fraction of sp³-hybridized carbons (Fsp3) is 0.643. The molecule has 0 aromatic carbocycles. The van der Waals surface area contributed by atoms with Crippen LogP contribution in [0, 0.1) is 11.3 Å². The van der Waals surface area contributed by atoms with E-state index in [2.05, 4.69) is 63.3 Å². The van der Waals surface area contributed by atoms with Gasteiger partial charge in [-0.1, -0.05) is 52.6 Å². The molecule has 2 amide bonds. The summed E-state index contributed by atoms with van der Waals surface area (Å²) >= 11 is 6.68. The number of hydrogen-bond donors (Lipinski definition) is 2. The Kier molecular flexibility index (Phi) is 7.87. The van der Waals surface area contributed by atoms with Crippen LogP contribution in [0.2, 0.25) is 23.2 Å². The van der Waals surface area contributed by atoms with Gasteiger partial charge in [-0.3, -0.25) is 14.3 Å². The van der Waals surface area contributed by atoms with Gasteiger partial charge in [0.25, 0.3) is 0 Å². The molecule has 3 heterocycles. The number of halogens is 1. The van der Waals surface area contributed by atoms with Gasteiger partial charge in [-0.05, 0) is 43.5 Å². The number of carbonyl (C=O) groups excluding carboxylic acids is 2. The van der Waals surface area contributed by atoms with E-state index in [1.54, 1.807) is 6.20 Å². The number of anilines is 1. The molecule has 8 nitrogen and oxygen atoms in total. The van der Waals surface area contributed by atoms with Crippen LogP contribution in [0.5, 0.6) is 0 Å². The molecule has 2 aromatic heterocycles. The van der Waals surface area contributed by atoms with E-state index < -0.39 is 8.32 Å². The molecule has 1 unspecified atom stereocenters. The first-order valence-corrected chi connectivity index (χ1v) is 16.8. The van der Waals surface area contributed by atoms with Crippen molar-refractivity contribution in [2.24, 2.45) is 11.3 Å². The summed E-state index contributed by atoms with van der Waals surface area (Å²) in [6.07, 6.45) is 6.52. The predicted molar refractivity (Wildman–Crippen MR) is 153 cm³/mol. The first-order chi connectivity index (χ1) is 17.6. The number of pyridine rings is 1. The maximum absolute atomic E-state index is 13.1. The first-order valence-electron chi connectivity index (χ1n) is 13.6. The van der Waals surface area contributed by atoms with E-state index >= 15 is 0 Å². The minimum absolute atomic E-state index is 0.0296. The van der Waals surface area contributed by atoms with Crippen LogP contribution in [0.25, 0.3) is 11.1 Å². The Morgan fingerprint density at radius 3 is 2.55 bits per heavy atom. The molecule has 0 radical (unpaired) electrons. The van der Waals surface area contributed by atoms with E-state index in [4.69, 9.17) is 21.1 Å². The standard InChI is InChI=1S/C28H42ClN5O3Si/c1-17(35)32-19-11-9-10-18(12-19)26(36)33-23-13-20(22(29)15-30-23)21-14-31-34-16-28(5,6)25(24(21)34)37-38(7,8)27(2,3)4/h13-15,18-19,25H,9-12,16H2,1-8H3,(H,32,35)(H,30,33,36)/t18-,19+,25?/m1/s1. The van der Waals surface area contributed by atoms with Crippen LogP contribution >= 0.6 is 11.6 Å². The van der Waals surface area contributed by atoms with Crippen LogP contribution in [0.15, 0.2) is 18.5 Å². The van der Waals surface area contributed by atoms with Crippen molar-refractivity contribution in [1.82, 2.24) is 20.1 Å². The number of hydrogen-bond acceptors (Lipinski definition) is 5. The van der Waals surface area contributed by atoms with E-state index in [-0.39, 0.29) is 40.3 Å². The average Bonchev–Trinajstić information content (AvgIpc) is 3.29. The normalized spacial score (nSPS) is 23.1. The molecule has 4 rings (SSSR count). The second kappa shape index (κ2) is 10.4. The van der Waals surface area contributed by atoms with Gasteiger partial charge in [0, 0.05) is 48.2 Å². The maximum atomic E-state index is 13.1. The fourth-order valence-electron chi connectivity index (χ4n) is 5.32. The number of nitrogens with one attached hydrogen (secondary N) is 2. The van der Waals surface area contributed by atoms with E-state index in [0.717, 1.165) is 42.6 Å². The van der Waals surface area contributed by atoms with Gasteiger partial charge in [0.1, 0.15) is 5.82 Å². The summed E-state index contributed by atoms with van der Waals surface area (Å²) in [6.45, 7) is 18.0. The second-order valence-corrected chi connectivity index (χ2v) is 18.3. The molecule has 10 heteroatoms. The highest BCUT2D eigenvalue weighted by atomic mass is 35.5. The van der Waals surface area contributed by atoms with Crippen molar-refractivity contribution in [2.45, 2.75) is 104 Å².